The molecular formula is C2H18Mg2O11. The van der Waals surface area contributed by atoms with Gasteiger partial charge in [-0.1, -0.05) is 0 Å². The highest BCUT2D eigenvalue weighted by Crippen LogP contribution is 1.73. The van der Waals surface area contributed by atoms with Crippen molar-refractivity contribution in [3.63, 3.8) is 0 Å². The van der Waals surface area contributed by atoms with Crippen LogP contribution in [0.3, 0.4) is 0 Å². The van der Waals surface area contributed by atoms with Gasteiger partial charge >= 0.3 is 58.4 Å². The normalized spacial score (nSPS) is 3.47. The van der Waals surface area contributed by atoms with Gasteiger partial charge in [-0.05, 0) is 0 Å². The predicted octanol–water partition coefficient (Wildman–Crippen LogP) is -6.42. The Bertz CT molecular complexity index is 92.8. The maximum Gasteiger partial charge on any atom is 0.516 e. The van der Waals surface area contributed by atoms with Crippen molar-refractivity contribution >= 4 is 58.4 Å². The van der Waals surface area contributed by atoms with E-state index >= 15 is 0 Å². The quantitative estimate of drug-likeness (QED) is 0.245. The number of carbonyl (C=O) groups is 2. The zero-order chi connectivity index (χ0) is 5.86. The maximum absolute atomic E-state index is 9.21. The molecule has 0 atom stereocenters. The summed E-state index contributed by atoms with van der Waals surface area (Å²) in [5.41, 5.74) is 0. The summed E-state index contributed by atoms with van der Waals surface area (Å²) in [7, 11) is 0. The van der Waals surface area contributed by atoms with Crippen LogP contribution < -0.4 is 0 Å². The second-order valence-corrected chi connectivity index (χ2v) is 0.634. The van der Waals surface area contributed by atoms with E-state index in [0.29, 0.717) is 0 Å². The minimum Gasteiger partial charge on any atom is -0.449 e. The first kappa shape index (κ1) is 81.3. The number of hydrogen-bond donors (Lipinski definition) is 2. The fourth-order valence-corrected chi connectivity index (χ4v) is 0.0747. The molecule has 0 aliphatic heterocycles. The van der Waals surface area contributed by atoms with Gasteiger partial charge in [-0.15, -0.1) is 0 Å². The van der Waals surface area contributed by atoms with Crippen molar-refractivity contribution in [2.24, 2.45) is 0 Å². The molecule has 14 N–H and O–H groups in total. The van der Waals surface area contributed by atoms with E-state index in [1.54, 1.807) is 0 Å². The fourth-order valence-electron chi connectivity index (χ4n) is 0.0747. The molecule has 0 aromatic carbocycles. The summed E-state index contributed by atoms with van der Waals surface area (Å²) in [5.74, 6) is 0. The van der Waals surface area contributed by atoms with Crippen LogP contribution in [0.4, 0.5) is 9.59 Å². The molecule has 0 saturated carbocycles. The van der Waals surface area contributed by atoms with Crippen LogP contribution in [-0.2, 0) is 4.74 Å². The minimum absolute atomic E-state index is 0. The Morgan fingerprint density at radius 2 is 0.800 bits per heavy atom. The lowest BCUT2D eigenvalue weighted by molar-refractivity contribution is 0.0802. The summed E-state index contributed by atoms with van der Waals surface area (Å²) < 4.78 is 3.08. The van der Waals surface area contributed by atoms with Gasteiger partial charge in [-0.2, -0.15) is 0 Å². The third-order valence-corrected chi connectivity index (χ3v) is 0.175. The van der Waals surface area contributed by atoms with E-state index in [2.05, 4.69) is 4.74 Å². The third-order valence-electron chi connectivity index (χ3n) is 0.175. The molecule has 0 aromatic rings. The van der Waals surface area contributed by atoms with E-state index in [9.17, 15) is 9.59 Å². The van der Waals surface area contributed by atoms with Crippen molar-refractivity contribution in [1.29, 1.82) is 0 Å². The van der Waals surface area contributed by atoms with Crippen LogP contribution in [0.2, 0.25) is 0 Å². The molecule has 0 bridgehead atoms. The highest BCUT2D eigenvalue weighted by atomic mass is 24.3. The highest BCUT2D eigenvalue weighted by molar-refractivity contribution is 5.76. The van der Waals surface area contributed by atoms with Gasteiger partial charge in [0.1, 0.15) is 0 Å². The molecule has 0 aromatic heterocycles. The molecule has 13 heteroatoms. The Morgan fingerprint density at radius 3 is 0.800 bits per heavy atom. The van der Waals surface area contributed by atoms with E-state index in [1.807, 2.05) is 0 Å². The van der Waals surface area contributed by atoms with Gasteiger partial charge in [0.2, 0.25) is 0 Å². The summed E-state index contributed by atoms with van der Waals surface area (Å²) in [6, 6.07) is 0. The lowest BCUT2D eigenvalue weighted by Crippen LogP contribution is -2.05. The molecule has 0 amide bonds. The van der Waals surface area contributed by atoms with Gasteiger partial charge in [-0.3, -0.25) is 0 Å². The van der Waals surface area contributed by atoms with E-state index in [-0.39, 0.29) is 79.0 Å². The Kier molecular flexibility index (Phi) is 261. The SMILES string of the molecule is O.O.O.O.O.O.O=C(O)OC(=O)O.[MgH2].[MgH2]. The summed E-state index contributed by atoms with van der Waals surface area (Å²) >= 11 is 0. The summed E-state index contributed by atoms with van der Waals surface area (Å²) in [6.07, 6.45) is -3.62. The van der Waals surface area contributed by atoms with E-state index < -0.39 is 12.3 Å². The average molecular weight is 267 g/mol. The first-order chi connectivity index (χ1) is 3.13. The van der Waals surface area contributed by atoms with Crippen molar-refractivity contribution in [3.05, 3.63) is 0 Å². The largest absolute Gasteiger partial charge is 0.516 e. The second kappa shape index (κ2) is 48.2. The second-order valence-electron chi connectivity index (χ2n) is 0.634. The average Bonchev–Trinajstić information content (AvgIpc) is 1.27. The lowest BCUT2D eigenvalue weighted by atomic mass is 11.3. The minimum atomic E-state index is -1.81. The van der Waals surface area contributed by atoms with Gasteiger partial charge in [0.15, 0.2) is 0 Å². The van der Waals surface area contributed by atoms with Crippen LogP contribution in [0.1, 0.15) is 0 Å². The molecule has 11 nitrogen and oxygen atoms in total. The molecular weight excluding hydrogens is 249 g/mol. The molecule has 0 spiro atoms. The van der Waals surface area contributed by atoms with Crippen molar-refractivity contribution in [1.82, 2.24) is 0 Å². The number of hydrogen-bond acceptors (Lipinski definition) is 3. The number of ether oxygens (including phenoxy) is 1. The molecule has 0 saturated heterocycles. The monoisotopic (exact) mass is 266 g/mol. The summed E-state index contributed by atoms with van der Waals surface area (Å²) in [6.45, 7) is 0. The topological polar surface area (TPSA) is 273 Å². The van der Waals surface area contributed by atoms with Crippen molar-refractivity contribution in [3.8, 4) is 0 Å². The first-order valence-corrected chi connectivity index (χ1v) is 1.26. The zero-order valence-electron chi connectivity index (χ0n) is 6.12. The molecule has 0 unspecified atom stereocenters. The Balaban J connectivity index is -0.00000000643. The van der Waals surface area contributed by atoms with Crippen molar-refractivity contribution in [2.45, 2.75) is 0 Å². The Labute approximate surface area is 116 Å². The van der Waals surface area contributed by atoms with Gasteiger partial charge in [0.05, 0.1) is 0 Å². The number of rotatable bonds is 0. The van der Waals surface area contributed by atoms with Crippen LogP contribution in [0.5, 0.6) is 0 Å². The molecule has 0 heterocycles. The van der Waals surface area contributed by atoms with Crippen LogP contribution in [0.15, 0.2) is 0 Å². The van der Waals surface area contributed by atoms with Crippen molar-refractivity contribution in [2.75, 3.05) is 0 Å². The summed E-state index contributed by atoms with van der Waals surface area (Å²) in [4.78, 5) is 18.4. The van der Waals surface area contributed by atoms with Gasteiger partial charge < -0.3 is 47.8 Å². The van der Waals surface area contributed by atoms with Crippen molar-refractivity contribution < 1.29 is 57.4 Å². The Hall–Kier alpha value is 0.0325. The van der Waals surface area contributed by atoms with E-state index in [0.717, 1.165) is 0 Å². The smallest absolute Gasteiger partial charge is 0.449 e. The van der Waals surface area contributed by atoms with Gasteiger partial charge in [-0.25, -0.2) is 9.59 Å². The predicted molar refractivity (Wildman–Crippen MR) is 55.9 cm³/mol. The molecule has 0 fully saturated rings. The number of carboxylic acid groups (broad SMARTS) is 2. The first-order valence-electron chi connectivity index (χ1n) is 1.26. The van der Waals surface area contributed by atoms with E-state index in [4.69, 9.17) is 10.2 Å². The van der Waals surface area contributed by atoms with Gasteiger partial charge in [0, 0.05) is 0 Å². The fraction of sp³-hybridized carbons (Fsp3) is 0. The molecule has 0 radical (unpaired) electrons. The molecule has 0 aliphatic carbocycles. The zero-order valence-corrected chi connectivity index (χ0v) is 6.12. The molecule has 0 aliphatic rings. The molecule has 0 rings (SSSR count). The Morgan fingerprint density at radius 1 is 0.667 bits per heavy atom. The highest BCUT2D eigenvalue weighted by Gasteiger charge is 2.01. The maximum atomic E-state index is 9.21. The van der Waals surface area contributed by atoms with Crippen LogP contribution in [0.25, 0.3) is 0 Å². The standard InChI is InChI=1S/C2H2O5.2Mg.6H2O.4H/c3-1(4)7-2(5)6;;;;;;;;;;;;/h(H,3,4)(H,5,6);;;6*1H2;;;;. The van der Waals surface area contributed by atoms with Crippen LogP contribution >= 0.6 is 0 Å². The third kappa shape index (κ3) is 125. The van der Waals surface area contributed by atoms with Crippen LogP contribution in [-0.4, -0.2) is 101 Å². The van der Waals surface area contributed by atoms with Crippen LogP contribution in [0, 0.1) is 0 Å². The molecule has 15 heavy (non-hydrogen) atoms. The van der Waals surface area contributed by atoms with Gasteiger partial charge in [0.25, 0.3) is 0 Å². The molecule has 96 valence electrons. The lowest BCUT2D eigenvalue weighted by Gasteiger charge is -1.84. The summed E-state index contributed by atoms with van der Waals surface area (Å²) in [5, 5.41) is 15.0. The van der Waals surface area contributed by atoms with E-state index in [1.165, 1.54) is 0 Å².